The third kappa shape index (κ3) is 2.80. The van der Waals surface area contributed by atoms with Crippen molar-refractivity contribution in [2.24, 2.45) is 4.99 Å². The molecule has 0 bridgehead atoms. The SMILES string of the molecule is O=C(CN=C1NS(=O)(=O)c2ccccc21)N1CCCc2ccccc21. The Morgan fingerprint density at radius 1 is 1.12 bits per heavy atom. The van der Waals surface area contributed by atoms with E-state index in [9.17, 15) is 13.2 Å². The number of carbonyl (C=O) groups excluding carboxylic acids is 1. The topological polar surface area (TPSA) is 78.8 Å². The van der Waals surface area contributed by atoms with Crippen molar-refractivity contribution in [2.75, 3.05) is 18.0 Å². The zero-order valence-corrected chi connectivity index (χ0v) is 14.3. The molecule has 6 nitrogen and oxygen atoms in total. The summed E-state index contributed by atoms with van der Waals surface area (Å²) in [5.74, 6) is 0.0949. The number of nitrogens with zero attached hydrogens (tertiary/aromatic N) is 2. The zero-order chi connectivity index (χ0) is 17.4. The molecular weight excluding hydrogens is 338 g/mol. The highest BCUT2D eigenvalue weighted by Gasteiger charge is 2.30. The molecule has 2 aliphatic heterocycles. The zero-order valence-electron chi connectivity index (χ0n) is 13.5. The summed E-state index contributed by atoms with van der Waals surface area (Å²) in [7, 11) is -3.58. The molecule has 0 unspecified atom stereocenters. The maximum Gasteiger partial charge on any atom is 0.263 e. The number of aliphatic imine (C=N–C) groups is 1. The number of rotatable bonds is 2. The summed E-state index contributed by atoms with van der Waals surface area (Å²) >= 11 is 0. The molecule has 2 aliphatic rings. The first-order valence-corrected chi connectivity index (χ1v) is 9.59. The first-order valence-electron chi connectivity index (χ1n) is 8.11. The predicted molar refractivity (Wildman–Crippen MR) is 95.3 cm³/mol. The number of nitrogens with one attached hydrogen (secondary N) is 1. The molecule has 1 amide bonds. The number of amidine groups is 1. The Morgan fingerprint density at radius 3 is 2.76 bits per heavy atom. The van der Waals surface area contributed by atoms with Crippen LogP contribution in [0.15, 0.2) is 58.4 Å². The van der Waals surface area contributed by atoms with Crippen LogP contribution in [-0.2, 0) is 21.2 Å². The Morgan fingerprint density at radius 2 is 1.88 bits per heavy atom. The number of para-hydroxylation sites is 1. The second-order valence-corrected chi connectivity index (χ2v) is 7.69. The summed E-state index contributed by atoms with van der Waals surface area (Å²) in [4.78, 5) is 18.8. The molecule has 0 fully saturated rings. The lowest BCUT2D eigenvalue weighted by Crippen LogP contribution is -2.37. The first-order chi connectivity index (χ1) is 12.1. The number of hydrogen-bond donors (Lipinski definition) is 1. The highest BCUT2D eigenvalue weighted by atomic mass is 32.2. The van der Waals surface area contributed by atoms with Gasteiger partial charge in [-0.05, 0) is 36.6 Å². The summed E-state index contributed by atoms with van der Waals surface area (Å²) in [6, 6.07) is 14.5. The highest BCUT2D eigenvalue weighted by molar-refractivity contribution is 7.90. The molecule has 1 N–H and O–H groups in total. The van der Waals surface area contributed by atoms with E-state index in [0.29, 0.717) is 12.1 Å². The van der Waals surface area contributed by atoms with Gasteiger partial charge in [0.2, 0.25) is 5.91 Å². The van der Waals surface area contributed by atoms with Crippen molar-refractivity contribution in [1.29, 1.82) is 0 Å². The minimum Gasteiger partial charge on any atom is -0.311 e. The normalized spacial score (nSPS) is 19.2. The molecule has 0 aliphatic carbocycles. The molecule has 7 heteroatoms. The van der Waals surface area contributed by atoms with E-state index in [4.69, 9.17) is 0 Å². The first kappa shape index (κ1) is 15.8. The number of hydrogen-bond acceptors (Lipinski definition) is 4. The second kappa shape index (κ2) is 6.00. The standard InChI is InChI=1S/C18H17N3O3S/c22-17(21-11-5-7-13-6-1-3-9-15(13)21)12-19-18-14-8-2-4-10-16(14)25(23,24)20-18/h1-4,6,8-10H,5,7,11-12H2,(H,19,20). The van der Waals surface area contributed by atoms with Crippen molar-refractivity contribution >= 4 is 27.5 Å². The van der Waals surface area contributed by atoms with E-state index in [-0.39, 0.29) is 23.2 Å². The van der Waals surface area contributed by atoms with Crippen LogP contribution in [0.2, 0.25) is 0 Å². The van der Waals surface area contributed by atoms with Crippen LogP contribution in [0.25, 0.3) is 0 Å². The average Bonchev–Trinajstić information content (AvgIpc) is 2.90. The molecular formula is C18H17N3O3S. The third-order valence-electron chi connectivity index (χ3n) is 4.45. The molecule has 0 saturated heterocycles. The minimum absolute atomic E-state index is 0.0967. The molecule has 25 heavy (non-hydrogen) atoms. The van der Waals surface area contributed by atoms with Gasteiger partial charge in [0.25, 0.3) is 10.0 Å². The molecule has 0 radical (unpaired) electrons. The lowest BCUT2D eigenvalue weighted by atomic mass is 10.0. The highest BCUT2D eigenvalue weighted by Crippen LogP contribution is 2.27. The van der Waals surface area contributed by atoms with Crippen molar-refractivity contribution in [3.8, 4) is 0 Å². The van der Waals surface area contributed by atoms with E-state index >= 15 is 0 Å². The number of fused-ring (bicyclic) bond motifs is 2. The Balaban J connectivity index is 1.59. The third-order valence-corrected chi connectivity index (χ3v) is 5.84. The van der Waals surface area contributed by atoms with Gasteiger partial charge in [-0.25, -0.2) is 8.42 Å². The van der Waals surface area contributed by atoms with E-state index in [1.807, 2.05) is 24.3 Å². The number of anilines is 1. The minimum atomic E-state index is -3.58. The summed E-state index contributed by atoms with van der Waals surface area (Å²) in [5.41, 5.74) is 2.59. The predicted octanol–water partition coefficient (Wildman–Crippen LogP) is 1.70. The summed E-state index contributed by atoms with van der Waals surface area (Å²) in [6.45, 7) is 0.559. The van der Waals surface area contributed by atoms with Crippen LogP contribution in [0.4, 0.5) is 5.69 Å². The molecule has 0 aromatic heterocycles. The number of amides is 1. The van der Waals surface area contributed by atoms with Gasteiger partial charge < -0.3 is 4.90 Å². The van der Waals surface area contributed by atoms with Crippen molar-refractivity contribution in [3.05, 3.63) is 59.7 Å². The smallest absolute Gasteiger partial charge is 0.263 e. The van der Waals surface area contributed by atoms with Crippen LogP contribution >= 0.6 is 0 Å². The van der Waals surface area contributed by atoms with Crippen LogP contribution in [0.5, 0.6) is 0 Å². The van der Waals surface area contributed by atoms with Gasteiger partial charge in [0.15, 0.2) is 0 Å². The van der Waals surface area contributed by atoms with Gasteiger partial charge in [-0.15, -0.1) is 0 Å². The molecule has 2 heterocycles. The fourth-order valence-corrected chi connectivity index (χ4v) is 4.53. The summed E-state index contributed by atoms with van der Waals surface area (Å²) < 4.78 is 26.6. The van der Waals surface area contributed by atoms with Gasteiger partial charge >= 0.3 is 0 Å². The second-order valence-electron chi connectivity index (χ2n) is 6.04. The van der Waals surface area contributed by atoms with Gasteiger partial charge in [0, 0.05) is 17.8 Å². The van der Waals surface area contributed by atoms with E-state index in [1.54, 1.807) is 23.1 Å². The molecule has 4 rings (SSSR count). The number of sulfonamides is 1. The van der Waals surface area contributed by atoms with E-state index in [0.717, 1.165) is 24.1 Å². The molecule has 0 atom stereocenters. The van der Waals surface area contributed by atoms with Crippen LogP contribution in [-0.4, -0.2) is 33.3 Å². The molecule has 0 spiro atoms. The van der Waals surface area contributed by atoms with Crippen molar-refractivity contribution in [2.45, 2.75) is 17.7 Å². The Hall–Kier alpha value is -2.67. The van der Waals surface area contributed by atoms with Crippen molar-refractivity contribution in [1.82, 2.24) is 4.72 Å². The molecule has 0 saturated carbocycles. The van der Waals surface area contributed by atoms with Crippen LogP contribution in [0.1, 0.15) is 17.5 Å². The maximum atomic E-state index is 12.6. The fourth-order valence-electron chi connectivity index (χ4n) is 3.28. The number of carbonyl (C=O) groups is 1. The molecule has 2 aromatic rings. The van der Waals surface area contributed by atoms with Crippen molar-refractivity contribution in [3.63, 3.8) is 0 Å². The van der Waals surface area contributed by atoms with Crippen molar-refractivity contribution < 1.29 is 13.2 Å². The van der Waals surface area contributed by atoms with Gasteiger partial charge in [0.1, 0.15) is 12.4 Å². The number of aryl methyl sites for hydroxylation is 1. The monoisotopic (exact) mass is 355 g/mol. The molecule has 2 aromatic carbocycles. The van der Waals surface area contributed by atoms with Crippen LogP contribution in [0.3, 0.4) is 0 Å². The fraction of sp³-hybridized carbons (Fsp3) is 0.222. The Labute approximate surface area is 146 Å². The van der Waals surface area contributed by atoms with Gasteiger partial charge in [-0.2, -0.15) is 0 Å². The van der Waals surface area contributed by atoms with Gasteiger partial charge in [0.05, 0.1) is 4.90 Å². The van der Waals surface area contributed by atoms with Crippen LogP contribution in [0, 0.1) is 0 Å². The molecule has 128 valence electrons. The van der Waals surface area contributed by atoms with Gasteiger partial charge in [-0.3, -0.25) is 14.5 Å². The number of benzene rings is 2. The maximum absolute atomic E-state index is 12.6. The Bertz CT molecular complexity index is 983. The largest absolute Gasteiger partial charge is 0.311 e. The quantitative estimate of drug-likeness (QED) is 0.891. The summed E-state index contributed by atoms with van der Waals surface area (Å²) in [6.07, 6.45) is 1.87. The summed E-state index contributed by atoms with van der Waals surface area (Å²) in [5, 5.41) is 0. The average molecular weight is 355 g/mol. The van der Waals surface area contributed by atoms with E-state index in [1.165, 1.54) is 6.07 Å². The van der Waals surface area contributed by atoms with E-state index in [2.05, 4.69) is 9.71 Å². The lowest BCUT2D eigenvalue weighted by molar-refractivity contribution is -0.117. The van der Waals surface area contributed by atoms with Crippen LogP contribution < -0.4 is 9.62 Å². The van der Waals surface area contributed by atoms with Gasteiger partial charge in [-0.1, -0.05) is 30.3 Å². The lowest BCUT2D eigenvalue weighted by Gasteiger charge is -2.29. The van der Waals surface area contributed by atoms with E-state index < -0.39 is 10.0 Å². The Kier molecular flexibility index (Phi) is 3.80.